The number of rotatable bonds is 4. The molecule has 0 aliphatic carbocycles. The van der Waals surface area contributed by atoms with Crippen LogP contribution in [0.2, 0.25) is 0 Å². The van der Waals surface area contributed by atoms with Crippen molar-refractivity contribution in [2.75, 3.05) is 5.32 Å². The number of nitrogens with one attached hydrogen (secondary N) is 1. The first-order valence-electron chi connectivity index (χ1n) is 6.43. The van der Waals surface area contributed by atoms with Crippen LogP contribution in [0.15, 0.2) is 53.0 Å². The molecule has 0 spiro atoms. The van der Waals surface area contributed by atoms with E-state index >= 15 is 0 Å². The molecular formula is C16H17BrN2O. The maximum atomic E-state index is 12.1. The standard InChI is InChI=1S/C16H17BrN2O/c1-11-7-8-13(17)10-15(11)19-16(20)14(18)9-12-5-3-2-4-6-12/h2-8,10,14H,9,18H2,1H3,(H,19,20)/t14-/m0/s1. The average Bonchev–Trinajstić information content (AvgIpc) is 2.44. The third-order valence-corrected chi connectivity index (χ3v) is 3.59. The van der Waals surface area contributed by atoms with Crippen molar-refractivity contribution < 1.29 is 4.79 Å². The lowest BCUT2D eigenvalue weighted by atomic mass is 10.1. The van der Waals surface area contributed by atoms with Gasteiger partial charge in [-0.3, -0.25) is 4.79 Å². The Morgan fingerprint density at radius 1 is 1.25 bits per heavy atom. The summed E-state index contributed by atoms with van der Waals surface area (Å²) < 4.78 is 0.926. The molecule has 104 valence electrons. The van der Waals surface area contributed by atoms with E-state index < -0.39 is 6.04 Å². The van der Waals surface area contributed by atoms with Crippen LogP contribution in [0.25, 0.3) is 0 Å². The number of anilines is 1. The van der Waals surface area contributed by atoms with Crippen molar-refractivity contribution in [2.45, 2.75) is 19.4 Å². The predicted molar refractivity (Wildman–Crippen MR) is 85.6 cm³/mol. The summed E-state index contributed by atoms with van der Waals surface area (Å²) in [6.45, 7) is 1.95. The molecule has 3 N–H and O–H groups in total. The highest BCUT2D eigenvalue weighted by molar-refractivity contribution is 9.10. The molecule has 0 saturated carbocycles. The van der Waals surface area contributed by atoms with Crippen molar-refractivity contribution in [1.82, 2.24) is 0 Å². The number of aryl methyl sites for hydroxylation is 1. The van der Waals surface area contributed by atoms with E-state index in [4.69, 9.17) is 5.73 Å². The van der Waals surface area contributed by atoms with E-state index in [2.05, 4.69) is 21.2 Å². The molecule has 20 heavy (non-hydrogen) atoms. The SMILES string of the molecule is Cc1ccc(Br)cc1NC(=O)[C@@H](N)Cc1ccccc1. The quantitative estimate of drug-likeness (QED) is 0.902. The van der Waals surface area contributed by atoms with Gasteiger partial charge in [0.2, 0.25) is 5.91 Å². The molecule has 2 rings (SSSR count). The van der Waals surface area contributed by atoms with Gasteiger partial charge in [-0.05, 0) is 36.6 Å². The highest BCUT2D eigenvalue weighted by Gasteiger charge is 2.15. The molecule has 0 radical (unpaired) electrons. The van der Waals surface area contributed by atoms with Gasteiger partial charge in [0.05, 0.1) is 6.04 Å². The smallest absolute Gasteiger partial charge is 0.241 e. The lowest BCUT2D eigenvalue weighted by Crippen LogP contribution is -2.37. The molecule has 0 heterocycles. The average molecular weight is 333 g/mol. The van der Waals surface area contributed by atoms with Crippen LogP contribution in [0.1, 0.15) is 11.1 Å². The number of carbonyl (C=O) groups is 1. The summed E-state index contributed by atoms with van der Waals surface area (Å²) in [6, 6.07) is 15.0. The van der Waals surface area contributed by atoms with E-state index in [-0.39, 0.29) is 5.91 Å². The number of carbonyl (C=O) groups excluding carboxylic acids is 1. The zero-order valence-electron chi connectivity index (χ0n) is 11.3. The molecule has 1 amide bonds. The van der Waals surface area contributed by atoms with Crippen LogP contribution in [-0.2, 0) is 11.2 Å². The van der Waals surface area contributed by atoms with E-state index in [1.807, 2.05) is 55.5 Å². The Labute approximate surface area is 127 Å². The van der Waals surface area contributed by atoms with Crippen LogP contribution in [0.5, 0.6) is 0 Å². The molecule has 2 aromatic carbocycles. The molecule has 0 aromatic heterocycles. The van der Waals surface area contributed by atoms with Crippen molar-refractivity contribution in [2.24, 2.45) is 5.73 Å². The van der Waals surface area contributed by atoms with Crippen molar-refractivity contribution >= 4 is 27.5 Å². The topological polar surface area (TPSA) is 55.1 Å². The largest absolute Gasteiger partial charge is 0.324 e. The van der Waals surface area contributed by atoms with Gasteiger partial charge in [-0.25, -0.2) is 0 Å². The lowest BCUT2D eigenvalue weighted by Gasteiger charge is -2.14. The molecule has 0 saturated heterocycles. The van der Waals surface area contributed by atoms with Crippen LogP contribution in [-0.4, -0.2) is 11.9 Å². The summed E-state index contributed by atoms with van der Waals surface area (Å²) in [5.41, 5.74) is 8.81. The van der Waals surface area contributed by atoms with Gasteiger partial charge in [0, 0.05) is 10.2 Å². The van der Waals surface area contributed by atoms with Crippen molar-refractivity contribution in [3.8, 4) is 0 Å². The molecule has 0 aliphatic rings. The zero-order valence-corrected chi connectivity index (χ0v) is 12.9. The van der Waals surface area contributed by atoms with Crippen LogP contribution < -0.4 is 11.1 Å². The number of hydrogen-bond donors (Lipinski definition) is 2. The van der Waals surface area contributed by atoms with Gasteiger partial charge >= 0.3 is 0 Å². The number of nitrogens with two attached hydrogens (primary N) is 1. The Bertz CT molecular complexity index is 599. The van der Waals surface area contributed by atoms with E-state index in [1.165, 1.54) is 0 Å². The fourth-order valence-electron chi connectivity index (χ4n) is 1.92. The minimum Gasteiger partial charge on any atom is -0.324 e. The maximum absolute atomic E-state index is 12.1. The van der Waals surface area contributed by atoms with Crippen LogP contribution in [0, 0.1) is 6.92 Å². The predicted octanol–water partition coefficient (Wildman–Crippen LogP) is 3.27. The Morgan fingerprint density at radius 3 is 2.65 bits per heavy atom. The molecule has 0 fully saturated rings. The van der Waals surface area contributed by atoms with Gasteiger partial charge < -0.3 is 11.1 Å². The fourth-order valence-corrected chi connectivity index (χ4v) is 2.28. The Kier molecular flexibility index (Phi) is 4.93. The lowest BCUT2D eigenvalue weighted by molar-refractivity contribution is -0.117. The monoisotopic (exact) mass is 332 g/mol. The maximum Gasteiger partial charge on any atom is 0.241 e. The number of benzene rings is 2. The number of amides is 1. The van der Waals surface area contributed by atoms with E-state index in [1.54, 1.807) is 0 Å². The summed E-state index contributed by atoms with van der Waals surface area (Å²) in [7, 11) is 0. The Balaban J connectivity index is 2.02. The second kappa shape index (κ2) is 6.68. The first-order chi connectivity index (χ1) is 9.56. The first-order valence-corrected chi connectivity index (χ1v) is 7.22. The number of hydrogen-bond acceptors (Lipinski definition) is 2. The minimum atomic E-state index is -0.559. The molecule has 0 bridgehead atoms. The second-order valence-electron chi connectivity index (χ2n) is 4.74. The minimum absolute atomic E-state index is 0.171. The van der Waals surface area contributed by atoms with Crippen LogP contribution in [0.4, 0.5) is 5.69 Å². The molecule has 3 nitrogen and oxygen atoms in total. The van der Waals surface area contributed by atoms with Gasteiger partial charge in [0.1, 0.15) is 0 Å². The summed E-state index contributed by atoms with van der Waals surface area (Å²) in [6.07, 6.45) is 0.528. The van der Waals surface area contributed by atoms with Gasteiger partial charge in [-0.1, -0.05) is 52.3 Å². The molecular weight excluding hydrogens is 316 g/mol. The van der Waals surface area contributed by atoms with Crippen LogP contribution in [0.3, 0.4) is 0 Å². The molecule has 4 heteroatoms. The molecule has 0 unspecified atom stereocenters. The van der Waals surface area contributed by atoms with Gasteiger partial charge in [0.15, 0.2) is 0 Å². The Hall–Kier alpha value is -1.65. The third-order valence-electron chi connectivity index (χ3n) is 3.09. The second-order valence-corrected chi connectivity index (χ2v) is 5.66. The van der Waals surface area contributed by atoms with Crippen LogP contribution >= 0.6 is 15.9 Å². The summed E-state index contributed by atoms with van der Waals surface area (Å²) in [4.78, 5) is 12.1. The summed E-state index contributed by atoms with van der Waals surface area (Å²) >= 11 is 3.39. The first kappa shape index (κ1) is 14.8. The highest BCUT2D eigenvalue weighted by atomic mass is 79.9. The summed E-state index contributed by atoms with van der Waals surface area (Å²) in [5, 5.41) is 2.88. The van der Waals surface area contributed by atoms with Gasteiger partial charge in [0.25, 0.3) is 0 Å². The molecule has 2 aromatic rings. The van der Waals surface area contributed by atoms with Crippen molar-refractivity contribution in [3.63, 3.8) is 0 Å². The molecule has 0 aliphatic heterocycles. The zero-order chi connectivity index (χ0) is 14.5. The van der Waals surface area contributed by atoms with Gasteiger partial charge in [-0.15, -0.1) is 0 Å². The fraction of sp³-hybridized carbons (Fsp3) is 0.188. The normalized spacial score (nSPS) is 11.9. The van der Waals surface area contributed by atoms with E-state index in [0.29, 0.717) is 6.42 Å². The Morgan fingerprint density at radius 2 is 1.95 bits per heavy atom. The van der Waals surface area contributed by atoms with Gasteiger partial charge in [-0.2, -0.15) is 0 Å². The number of halogens is 1. The highest BCUT2D eigenvalue weighted by Crippen LogP contribution is 2.20. The van der Waals surface area contributed by atoms with Crippen molar-refractivity contribution in [1.29, 1.82) is 0 Å². The van der Waals surface area contributed by atoms with E-state index in [0.717, 1.165) is 21.3 Å². The van der Waals surface area contributed by atoms with Crippen molar-refractivity contribution in [3.05, 3.63) is 64.1 Å². The van der Waals surface area contributed by atoms with E-state index in [9.17, 15) is 4.79 Å². The summed E-state index contributed by atoms with van der Waals surface area (Å²) in [5.74, 6) is -0.171. The third kappa shape index (κ3) is 3.92. The molecule has 1 atom stereocenters.